The first-order chi connectivity index (χ1) is 11.4. The van der Waals surface area contributed by atoms with Gasteiger partial charge in [0.25, 0.3) is 11.8 Å². The number of hydrazine groups is 1. The topological polar surface area (TPSA) is 82.7 Å². The molecule has 0 aliphatic heterocycles. The second-order valence-corrected chi connectivity index (χ2v) is 5.68. The van der Waals surface area contributed by atoms with E-state index in [-0.39, 0.29) is 18.4 Å². The van der Waals surface area contributed by atoms with Gasteiger partial charge in [0.1, 0.15) is 0 Å². The molecule has 132 valence electrons. The number of benzene rings is 1. The fraction of sp³-hybridized carbons (Fsp3) is 0.400. The molecule has 0 aromatic heterocycles. The van der Waals surface area contributed by atoms with Crippen molar-refractivity contribution in [1.82, 2.24) is 21.1 Å². The molecule has 0 aliphatic rings. The smallest absolute Gasteiger partial charge is 0.257 e. The summed E-state index contributed by atoms with van der Waals surface area (Å²) in [5.41, 5.74) is 2.99. The maximum Gasteiger partial charge on any atom is 0.257 e. The third-order valence-corrected chi connectivity index (χ3v) is 3.58. The molecule has 0 saturated carbocycles. The summed E-state index contributed by atoms with van der Waals surface area (Å²) in [4.78, 5) is 23.7. The van der Waals surface area contributed by atoms with Gasteiger partial charge in [0.15, 0.2) is 5.11 Å². The largest absolute Gasteiger partial charge is 0.385 e. The Labute approximate surface area is 151 Å². The van der Waals surface area contributed by atoms with Crippen molar-refractivity contribution >= 4 is 40.7 Å². The highest BCUT2D eigenvalue weighted by Crippen LogP contribution is 2.09. The van der Waals surface area contributed by atoms with Crippen molar-refractivity contribution in [3.8, 4) is 0 Å². The van der Waals surface area contributed by atoms with E-state index in [1.807, 2.05) is 0 Å². The fourth-order valence-electron chi connectivity index (χ4n) is 1.67. The Hall–Kier alpha value is -1.90. The van der Waals surface area contributed by atoms with E-state index < -0.39 is 0 Å². The van der Waals surface area contributed by atoms with Crippen molar-refractivity contribution in [3.63, 3.8) is 0 Å². The van der Waals surface area contributed by atoms with Gasteiger partial charge in [-0.15, -0.1) is 0 Å². The number of methoxy groups -OCH3 is 1. The molecule has 9 heteroatoms. The molecule has 0 bridgehead atoms. The minimum absolute atomic E-state index is 0.169. The van der Waals surface area contributed by atoms with Crippen LogP contribution in [0.4, 0.5) is 0 Å². The summed E-state index contributed by atoms with van der Waals surface area (Å²) >= 11 is 10.9. The summed E-state index contributed by atoms with van der Waals surface area (Å²) in [7, 11) is 3.24. The standard InChI is InChI=1S/C15H21ClN4O3S/c1-20(15(24)17-8-3-9-23-2)19-13(21)10-18-14(22)11-4-6-12(16)7-5-11/h4-7H,3,8-10H2,1-2H3,(H,17,24)(H,18,22)(H,19,21). The lowest BCUT2D eigenvalue weighted by molar-refractivity contribution is -0.122. The molecule has 0 saturated heterocycles. The predicted octanol–water partition coefficient (Wildman–Crippen LogP) is 0.944. The van der Waals surface area contributed by atoms with E-state index in [4.69, 9.17) is 28.6 Å². The van der Waals surface area contributed by atoms with Crippen LogP contribution in [0.3, 0.4) is 0 Å². The Morgan fingerprint density at radius 3 is 2.54 bits per heavy atom. The first-order valence-electron chi connectivity index (χ1n) is 7.27. The molecule has 2 amide bonds. The Balaban J connectivity index is 2.30. The lowest BCUT2D eigenvalue weighted by atomic mass is 10.2. The van der Waals surface area contributed by atoms with E-state index in [2.05, 4.69) is 16.1 Å². The zero-order chi connectivity index (χ0) is 17.9. The lowest BCUT2D eigenvalue weighted by Gasteiger charge is -2.21. The summed E-state index contributed by atoms with van der Waals surface area (Å²) < 4.78 is 4.93. The maximum atomic E-state index is 11.9. The number of carbonyl (C=O) groups excluding carboxylic acids is 2. The zero-order valence-electron chi connectivity index (χ0n) is 13.6. The van der Waals surface area contributed by atoms with Crippen molar-refractivity contribution in [2.24, 2.45) is 0 Å². The van der Waals surface area contributed by atoms with Crippen LogP contribution in [0.15, 0.2) is 24.3 Å². The van der Waals surface area contributed by atoms with E-state index in [1.54, 1.807) is 38.4 Å². The highest BCUT2D eigenvalue weighted by Gasteiger charge is 2.11. The number of nitrogens with zero attached hydrogens (tertiary/aromatic N) is 1. The van der Waals surface area contributed by atoms with E-state index in [0.717, 1.165) is 6.42 Å². The quantitative estimate of drug-likeness (QED) is 0.375. The molecule has 0 atom stereocenters. The minimum atomic E-state index is -0.388. The number of rotatable bonds is 7. The van der Waals surface area contributed by atoms with Gasteiger partial charge in [0, 0.05) is 37.9 Å². The molecular formula is C15H21ClN4O3S. The van der Waals surface area contributed by atoms with Gasteiger partial charge in [0.2, 0.25) is 0 Å². The van der Waals surface area contributed by atoms with Crippen LogP contribution in [0.25, 0.3) is 0 Å². The van der Waals surface area contributed by atoms with Crippen molar-refractivity contribution < 1.29 is 14.3 Å². The zero-order valence-corrected chi connectivity index (χ0v) is 15.2. The summed E-state index contributed by atoms with van der Waals surface area (Å²) in [6.45, 7) is 1.10. The number of ether oxygens (including phenoxy) is 1. The molecule has 0 spiro atoms. The van der Waals surface area contributed by atoms with E-state index in [9.17, 15) is 9.59 Å². The van der Waals surface area contributed by atoms with Crippen LogP contribution >= 0.6 is 23.8 Å². The number of hydrogen-bond acceptors (Lipinski definition) is 4. The first-order valence-corrected chi connectivity index (χ1v) is 8.06. The number of nitrogens with one attached hydrogen (secondary N) is 3. The molecule has 0 radical (unpaired) electrons. The summed E-state index contributed by atoms with van der Waals surface area (Å²) in [6, 6.07) is 6.39. The third kappa shape index (κ3) is 7.58. The van der Waals surface area contributed by atoms with Crippen molar-refractivity contribution in [2.75, 3.05) is 33.9 Å². The van der Waals surface area contributed by atoms with Crippen LogP contribution in [0.1, 0.15) is 16.8 Å². The molecule has 3 N–H and O–H groups in total. The molecular weight excluding hydrogens is 352 g/mol. The number of halogens is 1. The Bertz CT molecular complexity index is 568. The van der Waals surface area contributed by atoms with Gasteiger partial charge in [-0.1, -0.05) is 11.6 Å². The maximum absolute atomic E-state index is 11.9. The van der Waals surface area contributed by atoms with Gasteiger partial charge in [-0.2, -0.15) is 0 Å². The van der Waals surface area contributed by atoms with Crippen molar-refractivity contribution in [2.45, 2.75) is 6.42 Å². The van der Waals surface area contributed by atoms with Gasteiger partial charge >= 0.3 is 0 Å². The second-order valence-electron chi connectivity index (χ2n) is 4.86. The Morgan fingerprint density at radius 1 is 1.25 bits per heavy atom. The lowest BCUT2D eigenvalue weighted by Crippen LogP contribution is -2.50. The van der Waals surface area contributed by atoms with Gasteiger partial charge in [-0.05, 0) is 42.9 Å². The second kappa shape index (κ2) is 10.8. The van der Waals surface area contributed by atoms with Gasteiger partial charge < -0.3 is 15.4 Å². The van der Waals surface area contributed by atoms with E-state index >= 15 is 0 Å². The molecule has 0 fully saturated rings. The number of amides is 2. The van der Waals surface area contributed by atoms with Crippen LogP contribution in [-0.2, 0) is 9.53 Å². The average molecular weight is 373 g/mol. The number of hydrogen-bond donors (Lipinski definition) is 3. The first kappa shape index (κ1) is 20.1. The molecule has 0 aliphatic carbocycles. The van der Waals surface area contributed by atoms with Crippen LogP contribution in [0.5, 0.6) is 0 Å². The minimum Gasteiger partial charge on any atom is -0.385 e. The van der Waals surface area contributed by atoms with E-state index in [0.29, 0.717) is 28.9 Å². The van der Waals surface area contributed by atoms with Crippen LogP contribution in [0.2, 0.25) is 5.02 Å². The van der Waals surface area contributed by atoms with Gasteiger partial charge in [0.05, 0.1) is 6.54 Å². The average Bonchev–Trinajstić information content (AvgIpc) is 2.57. The fourth-order valence-corrected chi connectivity index (χ4v) is 1.95. The van der Waals surface area contributed by atoms with E-state index in [1.165, 1.54) is 5.01 Å². The SMILES string of the molecule is COCCCNC(=S)N(C)NC(=O)CNC(=O)c1ccc(Cl)cc1. The molecule has 0 unspecified atom stereocenters. The molecule has 7 nitrogen and oxygen atoms in total. The third-order valence-electron chi connectivity index (χ3n) is 2.91. The van der Waals surface area contributed by atoms with Crippen LogP contribution < -0.4 is 16.1 Å². The molecule has 0 heterocycles. The van der Waals surface area contributed by atoms with Gasteiger partial charge in [-0.25, -0.2) is 0 Å². The molecule has 1 aromatic carbocycles. The Kier molecular flexibility index (Phi) is 9.06. The summed E-state index contributed by atoms with van der Waals surface area (Å²) in [5.74, 6) is -0.745. The Morgan fingerprint density at radius 2 is 1.92 bits per heavy atom. The molecule has 1 aromatic rings. The van der Waals surface area contributed by atoms with Crippen LogP contribution in [0, 0.1) is 0 Å². The predicted molar refractivity (Wildman–Crippen MR) is 96.8 cm³/mol. The highest BCUT2D eigenvalue weighted by atomic mass is 35.5. The summed E-state index contributed by atoms with van der Waals surface area (Å²) in [6.07, 6.45) is 0.801. The van der Waals surface area contributed by atoms with Gasteiger partial charge in [-0.3, -0.25) is 20.0 Å². The monoisotopic (exact) mass is 372 g/mol. The molecule has 24 heavy (non-hydrogen) atoms. The van der Waals surface area contributed by atoms with Crippen molar-refractivity contribution in [1.29, 1.82) is 0 Å². The summed E-state index contributed by atoms with van der Waals surface area (Å²) in [5, 5.41) is 7.81. The van der Waals surface area contributed by atoms with Crippen LogP contribution in [-0.4, -0.2) is 55.8 Å². The molecule has 1 rings (SSSR count). The van der Waals surface area contributed by atoms with Crippen molar-refractivity contribution in [3.05, 3.63) is 34.9 Å². The number of thiocarbonyl (C=S) groups is 1. The highest BCUT2D eigenvalue weighted by molar-refractivity contribution is 7.80. The normalized spacial score (nSPS) is 9.96. The number of carbonyl (C=O) groups is 2.